The molecule has 0 saturated heterocycles. The summed E-state index contributed by atoms with van der Waals surface area (Å²) in [4.78, 5) is 12.2. The predicted octanol–water partition coefficient (Wildman–Crippen LogP) is 3.36. The van der Waals surface area contributed by atoms with Crippen LogP contribution in [0.1, 0.15) is 0 Å². The van der Waals surface area contributed by atoms with Gasteiger partial charge in [-0.05, 0) is 42.5 Å². The molecule has 0 spiro atoms. The van der Waals surface area contributed by atoms with Gasteiger partial charge in [0.15, 0.2) is 0 Å². The van der Waals surface area contributed by atoms with Crippen LogP contribution < -0.4 is 5.73 Å². The Morgan fingerprint density at radius 2 is 1.85 bits per heavy atom. The summed E-state index contributed by atoms with van der Waals surface area (Å²) in [6.45, 7) is 0. The molecule has 2 aromatic heterocycles. The maximum atomic E-state index is 5.79. The highest BCUT2D eigenvalue weighted by Crippen LogP contribution is 2.24. The topological polar surface area (TPSA) is 67.6 Å². The fourth-order valence-electron chi connectivity index (χ4n) is 2.39. The van der Waals surface area contributed by atoms with E-state index in [1.54, 1.807) is 6.20 Å². The SMILES string of the molecule is Nc1ccc2nc(-c3ccc4ncccc4c3)[nH]c2c1. The molecule has 4 heteroatoms. The van der Waals surface area contributed by atoms with Gasteiger partial charge in [-0.3, -0.25) is 4.98 Å². The van der Waals surface area contributed by atoms with Crippen molar-refractivity contribution in [2.24, 2.45) is 0 Å². The zero-order valence-corrected chi connectivity index (χ0v) is 10.7. The second-order valence-corrected chi connectivity index (χ2v) is 4.77. The van der Waals surface area contributed by atoms with Crippen molar-refractivity contribution in [3.63, 3.8) is 0 Å². The van der Waals surface area contributed by atoms with E-state index < -0.39 is 0 Å². The smallest absolute Gasteiger partial charge is 0.138 e. The highest BCUT2D eigenvalue weighted by molar-refractivity contribution is 5.86. The molecule has 0 radical (unpaired) electrons. The van der Waals surface area contributed by atoms with E-state index in [1.165, 1.54) is 0 Å². The Morgan fingerprint density at radius 1 is 0.950 bits per heavy atom. The molecular formula is C16H12N4. The van der Waals surface area contributed by atoms with Gasteiger partial charge in [0.25, 0.3) is 0 Å². The molecule has 2 heterocycles. The van der Waals surface area contributed by atoms with Gasteiger partial charge in [-0.25, -0.2) is 4.98 Å². The number of hydrogen-bond acceptors (Lipinski definition) is 3. The Balaban J connectivity index is 1.91. The number of aromatic amines is 1. The zero-order valence-electron chi connectivity index (χ0n) is 10.7. The first-order chi connectivity index (χ1) is 9.79. The number of fused-ring (bicyclic) bond motifs is 2. The van der Waals surface area contributed by atoms with Gasteiger partial charge >= 0.3 is 0 Å². The van der Waals surface area contributed by atoms with Crippen molar-refractivity contribution in [3.8, 4) is 11.4 Å². The number of benzene rings is 2. The van der Waals surface area contributed by atoms with Gasteiger partial charge in [-0.2, -0.15) is 0 Å². The van der Waals surface area contributed by atoms with Crippen molar-refractivity contribution in [3.05, 3.63) is 54.7 Å². The average Bonchev–Trinajstić information content (AvgIpc) is 2.89. The number of pyridine rings is 1. The first-order valence-electron chi connectivity index (χ1n) is 6.40. The molecule has 0 aliphatic carbocycles. The summed E-state index contributed by atoms with van der Waals surface area (Å²) in [6, 6.07) is 15.8. The van der Waals surface area contributed by atoms with E-state index in [0.29, 0.717) is 0 Å². The molecule has 4 nitrogen and oxygen atoms in total. The minimum Gasteiger partial charge on any atom is -0.399 e. The van der Waals surface area contributed by atoms with Gasteiger partial charge in [0.1, 0.15) is 5.82 Å². The molecule has 20 heavy (non-hydrogen) atoms. The summed E-state index contributed by atoms with van der Waals surface area (Å²) >= 11 is 0. The minimum atomic E-state index is 0.732. The monoisotopic (exact) mass is 260 g/mol. The zero-order chi connectivity index (χ0) is 13.5. The normalized spacial score (nSPS) is 11.2. The van der Waals surface area contributed by atoms with Crippen molar-refractivity contribution in [2.75, 3.05) is 5.73 Å². The van der Waals surface area contributed by atoms with Gasteiger partial charge < -0.3 is 10.7 Å². The van der Waals surface area contributed by atoms with Crippen LogP contribution in [0.15, 0.2) is 54.7 Å². The van der Waals surface area contributed by atoms with E-state index in [9.17, 15) is 0 Å². The highest BCUT2D eigenvalue weighted by atomic mass is 14.9. The Kier molecular flexibility index (Phi) is 2.23. The minimum absolute atomic E-state index is 0.732. The molecular weight excluding hydrogens is 248 g/mol. The summed E-state index contributed by atoms with van der Waals surface area (Å²) in [5, 5.41) is 1.10. The third-order valence-electron chi connectivity index (χ3n) is 3.38. The van der Waals surface area contributed by atoms with Gasteiger partial charge in [0.2, 0.25) is 0 Å². The maximum absolute atomic E-state index is 5.79. The van der Waals surface area contributed by atoms with Gasteiger partial charge in [0.05, 0.1) is 16.6 Å². The predicted molar refractivity (Wildman–Crippen MR) is 81.2 cm³/mol. The van der Waals surface area contributed by atoms with Gasteiger partial charge in [-0.1, -0.05) is 6.07 Å². The third-order valence-corrected chi connectivity index (χ3v) is 3.38. The summed E-state index contributed by atoms with van der Waals surface area (Å²) in [7, 11) is 0. The first-order valence-corrected chi connectivity index (χ1v) is 6.40. The molecule has 0 amide bonds. The van der Waals surface area contributed by atoms with Crippen LogP contribution in [0, 0.1) is 0 Å². The summed E-state index contributed by atoms with van der Waals surface area (Å²) < 4.78 is 0. The molecule has 4 rings (SSSR count). The van der Waals surface area contributed by atoms with Crippen LogP contribution in [-0.4, -0.2) is 15.0 Å². The molecule has 0 aliphatic heterocycles. The largest absolute Gasteiger partial charge is 0.399 e. The Hall–Kier alpha value is -2.88. The van der Waals surface area contributed by atoms with E-state index in [1.807, 2.05) is 42.5 Å². The molecule has 0 unspecified atom stereocenters. The average molecular weight is 260 g/mol. The number of nitrogens with one attached hydrogen (secondary N) is 1. The van der Waals surface area contributed by atoms with Crippen LogP contribution in [0.2, 0.25) is 0 Å². The third kappa shape index (κ3) is 1.70. The van der Waals surface area contributed by atoms with E-state index in [4.69, 9.17) is 5.73 Å². The quantitative estimate of drug-likeness (QED) is 0.516. The number of anilines is 1. The van der Waals surface area contributed by atoms with Crippen molar-refractivity contribution in [2.45, 2.75) is 0 Å². The molecule has 0 atom stereocenters. The van der Waals surface area contributed by atoms with Crippen molar-refractivity contribution in [1.29, 1.82) is 0 Å². The number of imidazole rings is 1. The first kappa shape index (κ1) is 11.0. The number of nitrogen functional groups attached to an aromatic ring is 1. The van der Waals surface area contributed by atoms with Crippen LogP contribution in [0.5, 0.6) is 0 Å². The number of hydrogen-bond donors (Lipinski definition) is 2. The van der Waals surface area contributed by atoms with E-state index in [2.05, 4.69) is 21.0 Å². The number of rotatable bonds is 1. The lowest BCUT2D eigenvalue weighted by Crippen LogP contribution is -1.83. The summed E-state index contributed by atoms with van der Waals surface area (Å²) in [6.07, 6.45) is 1.80. The van der Waals surface area contributed by atoms with Gasteiger partial charge in [-0.15, -0.1) is 0 Å². The van der Waals surface area contributed by atoms with Gasteiger partial charge in [0, 0.05) is 22.8 Å². The number of nitrogens with zero attached hydrogens (tertiary/aromatic N) is 2. The van der Waals surface area contributed by atoms with Crippen LogP contribution in [-0.2, 0) is 0 Å². The number of H-pyrrole nitrogens is 1. The number of nitrogens with two attached hydrogens (primary N) is 1. The lowest BCUT2D eigenvalue weighted by molar-refractivity contribution is 1.33. The molecule has 0 bridgehead atoms. The van der Waals surface area contributed by atoms with Crippen molar-refractivity contribution >= 4 is 27.6 Å². The van der Waals surface area contributed by atoms with Crippen molar-refractivity contribution in [1.82, 2.24) is 15.0 Å². The fraction of sp³-hybridized carbons (Fsp3) is 0. The molecule has 3 N–H and O–H groups in total. The van der Waals surface area contributed by atoms with Crippen LogP contribution in [0.25, 0.3) is 33.3 Å². The fourth-order valence-corrected chi connectivity index (χ4v) is 2.39. The summed E-state index contributed by atoms with van der Waals surface area (Å²) in [5.41, 5.74) is 10.4. The molecule has 0 saturated carbocycles. The molecule has 96 valence electrons. The Bertz CT molecular complexity index is 924. The molecule has 2 aromatic carbocycles. The molecule has 0 fully saturated rings. The summed E-state index contributed by atoms with van der Waals surface area (Å²) in [5.74, 6) is 0.844. The number of aromatic nitrogens is 3. The molecule has 0 aliphatic rings. The van der Waals surface area contributed by atoms with E-state index in [-0.39, 0.29) is 0 Å². The van der Waals surface area contributed by atoms with E-state index >= 15 is 0 Å². The van der Waals surface area contributed by atoms with E-state index in [0.717, 1.165) is 39.0 Å². The van der Waals surface area contributed by atoms with Crippen LogP contribution >= 0.6 is 0 Å². The Morgan fingerprint density at radius 3 is 2.80 bits per heavy atom. The van der Waals surface area contributed by atoms with Crippen molar-refractivity contribution < 1.29 is 0 Å². The second-order valence-electron chi connectivity index (χ2n) is 4.77. The van der Waals surface area contributed by atoms with Crippen LogP contribution in [0.3, 0.4) is 0 Å². The standard InChI is InChI=1S/C16H12N4/c17-12-4-6-14-15(9-12)20-16(19-14)11-3-5-13-10(8-11)2-1-7-18-13/h1-9H,17H2,(H,19,20). The lowest BCUT2D eigenvalue weighted by atomic mass is 10.1. The second kappa shape index (κ2) is 4.06. The maximum Gasteiger partial charge on any atom is 0.138 e. The molecule has 4 aromatic rings. The highest BCUT2D eigenvalue weighted by Gasteiger charge is 2.06. The van der Waals surface area contributed by atoms with Crippen LogP contribution in [0.4, 0.5) is 5.69 Å². The Labute approximate surface area is 115 Å². The lowest BCUT2D eigenvalue weighted by Gasteiger charge is -1.99.